The molecule has 2 heterocycles. The Morgan fingerprint density at radius 1 is 1.26 bits per heavy atom. The van der Waals surface area contributed by atoms with Crippen molar-refractivity contribution in [2.24, 2.45) is 0 Å². The van der Waals surface area contributed by atoms with Crippen molar-refractivity contribution >= 4 is 11.8 Å². The zero-order valence-corrected chi connectivity index (χ0v) is 14.5. The van der Waals surface area contributed by atoms with Crippen LogP contribution in [0.25, 0.3) is 5.69 Å². The van der Waals surface area contributed by atoms with Gasteiger partial charge in [-0.1, -0.05) is 37.2 Å². The summed E-state index contributed by atoms with van der Waals surface area (Å²) in [7, 11) is 0. The summed E-state index contributed by atoms with van der Waals surface area (Å²) in [6.07, 6.45) is 7.49. The van der Waals surface area contributed by atoms with Crippen molar-refractivity contribution in [3.63, 3.8) is 0 Å². The molecule has 0 amide bonds. The van der Waals surface area contributed by atoms with Gasteiger partial charge in [0.1, 0.15) is 0 Å². The fraction of sp³-hybridized carbons (Fsp3) is 0.588. The van der Waals surface area contributed by atoms with Crippen molar-refractivity contribution in [1.82, 2.24) is 20.2 Å². The summed E-state index contributed by atoms with van der Waals surface area (Å²) in [6.45, 7) is 3.10. The van der Waals surface area contributed by atoms with E-state index >= 15 is 0 Å². The van der Waals surface area contributed by atoms with Crippen molar-refractivity contribution in [1.29, 1.82) is 0 Å². The molecule has 1 aliphatic heterocycles. The zero-order chi connectivity index (χ0) is 15.9. The van der Waals surface area contributed by atoms with E-state index in [1.165, 1.54) is 31.2 Å². The number of aryl methyl sites for hydroxylation is 1. The molecule has 1 aromatic carbocycles. The van der Waals surface area contributed by atoms with Crippen molar-refractivity contribution in [2.75, 3.05) is 12.4 Å². The van der Waals surface area contributed by atoms with Gasteiger partial charge in [0.05, 0.1) is 11.8 Å². The Labute approximate surface area is 141 Å². The number of unbranched alkanes of at least 4 members (excludes halogenated alkanes) is 1. The van der Waals surface area contributed by atoms with E-state index in [-0.39, 0.29) is 0 Å². The van der Waals surface area contributed by atoms with Gasteiger partial charge in [-0.25, -0.2) is 0 Å². The first-order valence-corrected chi connectivity index (χ1v) is 9.47. The van der Waals surface area contributed by atoms with E-state index in [9.17, 15) is 0 Å². The number of hydrogen-bond acceptors (Lipinski definition) is 5. The van der Waals surface area contributed by atoms with Gasteiger partial charge in [-0.15, -0.1) is 5.10 Å². The molecule has 0 radical (unpaired) electrons. The lowest BCUT2D eigenvalue weighted by Gasteiger charge is -2.21. The van der Waals surface area contributed by atoms with Crippen LogP contribution in [-0.2, 0) is 11.2 Å². The van der Waals surface area contributed by atoms with Gasteiger partial charge in [0.2, 0.25) is 5.16 Å². The van der Waals surface area contributed by atoms with Crippen molar-refractivity contribution in [3.8, 4) is 5.69 Å². The number of tetrazole rings is 1. The highest BCUT2D eigenvalue weighted by molar-refractivity contribution is 7.99. The number of ether oxygens (including phenoxy) is 1. The number of nitrogens with zero attached hydrogens (tertiary/aromatic N) is 4. The minimum atomic E-state index is 0.329. The minimum absolute atomic E-state index is 0.329. The summed E-state index contributed by atoms with van der Waals surface area (Å²) < 4.78 is 7.59. The van der Waals surface area contributed by atoms with Crippen LogP contribution in [0.5, 0.6) is 0 Å². The Balaban J connectivity index is 1.62. The molecule has 0 bridgehead atoms. The number of thioether (sulfide) groups is 1. The zero-order valence-electron chi connectivity index (χ0n) is 13.6. The molecule has 2 aromatic rings. The molecule has 23 heavy (non-hydrogen) atoms. The number of hydrogen-bond donors (Lipinski definition) is 0. The van der Waals surface area contributed by atoms with Crippen LogP contribution in [0.15, 0.2) is 29.4 Å². The average Bonchev–Trinajstić information content (AvgIpc) is 3.08. The maximum atomic E-state index is 5.78. The molecule has 5 nitrogen and oxygen atoms in total. The van der Waals surface area contributed by atoms with Gasteiger partial charge in [0.15, 0.2) is 0 Å². The molecule has 0 saturated carbocycles. The topological polar surface area (TPSA) is 52.8 Å². The largest absolute Gasteiger partial charge is 0.377 e. The van der Waals surface area contributed by atoms with Crippen LogP contribution in [0.2, 0.25) is 0 Å². The molecule has 1 atom stereocenters. The van der Waals surface area contributed by atoms with Crippen LogP contribution in [0.4, 0.5) is 0 Å². The summed E-state index contributed by atoms with van der Waals surface area (Å²) in [4.78, 5) is 0. The highest BCUT2D eigenvalue weighted by atomic mass is 32.2. The lowest BCUT2D eigenvalue weighted by atomic mass is 10.1. The summed E-state index contributed by atoms with van der Waals surface area (Å²) in [5.41, 5.74) is 2.38. The van der Waals surface area contributed by atoms with Crippen molar-refractivity contribution < 1.29 is 4.74 Å². The third-order valence-electron chi connectivity index (χ3n) is 4.11. The van der Waals surface area contributed by atoms with E-state index in [4.69, 9.17) is 4.74 Å². The van der Waals surface area contributed by atoms with Crippen LogP contribution >= 0.6 is 11.8 Å². The Hall–Kier alpha value is -1.40. The second kappa shape index (κ2) is 8.45. The second-order valence-corrected chi connectivity index (χ2v) is 6.93. The second-order valence-electron chi connectivity index (χ2n) is 5.94. The molecule has 1 aliphatic rings. The third-order valence-corrected chi connectivity index (χ3v) is 5.16. The molecule has 0 unspecified atom stereocenters. The fourth-order valence-electron chi connectivity index (χ4n) is 2.72. The highest BCUT2D eigenvalue weighted by Gasteiger charge is 2.16. The van der Waals surface area contributed by atoms with Crippen LogP contribution in [0.3, 0.4) is 0 Å². The monoisotopic (exact) mass is 332 g/mol. The van der Waals surface area contributed by atoms with Crippen LogP contribution in [0, 0.1) is 0 Å². The quantitative estimate of drug-likeness (QED) is 0.724. The third kappa shape index (κ3) is 4.54. The minimum Gasteiger partial charge on any atom is -0.377 e. The van der Waals surface area contributed by atoms with E-state index in [0.717, 1.165) is 36.0 Å². The lowest BCUT2D eigenvalue weighted by Crippen LogP contribution is -2.21. The van der Waals surface area contributed by atoms with Gasteiger partial charge < -0.3 is 4.74 Å². The Bertz CT molecular complexity index is 593. The first-order valence-electron chi connectivity index (χ1n) is 8.49. The van der Waals surface area contributed by atoms with Gasteiger partial charge in [-0.05, 0) is 60.2 Å². The van der Waals surface area contributed by atoms with Crippen LogP contribution < -0.4 is 0 Å². The molecule has 3 rings (SSSR count). The fourth-order valence-corrected chi connectivity index (χ4v) is 3.68. The lowest BCUT2D eigenvalue weighted by molar-refractivity contribution is 0.0315. The molecule has 1 fully saturated rings. The van der Waals surface area contributed by atoms with Gasteiger partial charge in [0, 0.05) is 12.4 Å². The van der Waals surface area contributed by atoms with Crippen LogP contribution in [-0.4, -0.2) is 38.7 Å². The van der Waals surface area contributed by atoms with E-state index in [1.807, 2.05) is 4.68 Å². The first kappa shape index (κ1) is 16.5. The van der Waals surface area contributed by atoms with Gasteiger partial charge in [-0.3, -0.25) is 0 Å². The summed E-state index contributed by atoms with van der Waals surface area (Å²) in [6, 6.07) is 8.54. The molecule has 124 valence electrons. The standard InChI is InChI=1S/C17H24N4OS/c1-2-3-6-14-8-10-15(11-9-14)21-17(18-19-20-21)23-13-16-7-4-5-12-22-16/h8-11,16H,2-7,12-13H2,1H3/t16-/m0/s1. The number of aromatic nitrogens is 4. The van der Waals surface area contributed by atoms with Crippen LogP contribution in [0.1, 0.15) is 44.6 Å². The van der Waals surface area contributed by atoms with E-state index in [1.54, 1.807) is 11.8 Å². The van der Waals surface area contributed by atoms with Crippen molar-refractivity contribution in [3.05, 3.63) is 29.8 Å². The maximum Gasteiger partial charge on any atom is 0.214 e. The predicted molar refractivity (Wildman–Crippen MR) is 92.1 cm³/mol. The first-order chi connectivity index (χ1) is 11.4. The predicted octanol–water partition coefficient (Wildman–Crippen LogP) is 3.67. The Kier molecular flexibility index (Phi) is 6.05. The molecule has 0 N–H and O–H groups in total. The molecular weight excluding hydrogens is 308 g/mol. The molecule has 1 saturated heterocycles. The maximum absolute atomic E-state index is 5.78. The van der Waals surface area contributed by atoms with Gasteiger partial charge >= 0.3 is 0 Å². The molecule has 0 spiro atoms. The number of rotatable bonds is 7. The SMILES string of the molecule is CCCCc1ccc(-n2nnnc2SC[C@@H]2CCCCO2)cc1. The summed E-state index contributed by atoms with van der Waals surface area (Å²) in [5.74, 6) is 0.912. The van der Waals surface area contributed by atoms with Crippen molar-refractivity contribution in [2.45, 2.75) is 56.7 Å². The molecular formula is C17H24N4OS. The van der Waals surface area contributed by atoms with Gasteiger partial charge in [-0.2, -0.15) is 4.68 Å². The Morgan fingerprint density at radius 2 is 2.13 bits per heavy atom. The van der Waals surface area contributed by atoms with E-state index in [2.05, 4.69) is 46.7 Å². The number of benzene rings is 1. The normalized spacial score (nSPS) is 18.2. The molecule has 0 aliphatic carbocycles. The summed E-state index contributed by atoms with van der Waals surface area (Å²) in [5, 5.41) is 13.0. The average molecular weight is 332 g/mol. The Morgan fingerprint density at radius 3 is 2.87 bits per heavy atom. The molecule has 6 heteroatoms. The molecule has 1 aromatic heterocycles. The summed E-state index contributed by atoms with van der Waals surface area (Å²) >= 11 is 1.68. The smallest absolute Gasteiger partial charge is 0.214 e. The van der Waals surface area contributed by atoms with Gasteiger partial charge in [0.25, 0.3) is 0 Å². The van der Waals surface area contributed by atoms with E-state index in [0.29, 0.717) is 6.10 Å². The highest BCUT2D eigenvalue weighted by Crippen LogP contribution is 2.23. The van der Waals surface area contributed by atoms with E-state index < -0.39 is 0 Å².